The average molecular weight is 434 g/mol. The minimum Gasteiger partial charge on any atom is -0.368 e. The van der Waals surface area contributed by atoms with Crippen LogP contribution in [0.4, 0.5) is 5.69 Å². The van der Waals surface area contributed by atoms with Crippen molar-refractivity contribution in [2.75, 3.05) is 31.1 Å². The van der Waals surface area contributed by atoms with Gasteiger partial charge in [0.05, 0.1) is 11.2 Å². The summed E-state index contributed by atoms with van der Waals surface area (Å²) in [6, 6.07) is 7.63. The van der Waals surface area contributed by atoms with E-state index in [1.807, 2.05) is 24.3 Å². The number of rotatable bonds is 5. The van der Waals surface area contributed by atoms with Crippen molar-refractivity contribution >= 4 is 38.2 Å². The SMILES string of the molecule is C=CC(c1c(C)nn(C)c1Cl)S(=O)(=O)n1ccc2c(N3CCNCC3)cccc21. The van der Waals surface area contributed by atoms with Gasteiger partial charge >= 0.3 is 0 Å². The minimum absolute atomic E-state index is 0.300. The molecule has 0 spiro atoms. The molecule has 0 amide bonds. The first kappa shape index (κ1) is 20.0. The van der Waals surface area contributed by atoms with Gasteiger partial charge in [-0.1, -0.05) is 23.7 Å². The zero-order valence-electron chi connectivity index (χ0n) is 16.5. The molecule has 0 radical (unpaired) electrons. The lowest BCUT2D eigenvalue weighted by atomic mass is 10.2. The standard InChI is InChI=1S/C20H24ClN5O2S/c1-4-18(19-14(2)23-24(3)20(19)21)29(27,28)26-11-8-15-16(6-5-7-17(15)26)25-12-9-22-10-13-25/h4-8,11,18,22H,1,9-10,12-13H2,2-3H3. The van der Waals surface area contributed by atoms with Crippen LogP contribution >= 0.6 is 11.6 Å². The Morgan fingerprint density at radius 2 is 2.00 bits per heavy atom. The van der Waals surface area contributed by atoms with E-state index in [-0.39, 0.29) is 0 Å². The van der Waals surface area contributed by atoms with Gasteiger partial charge in [-0.15, -0.1) is 6.58 Å². The van der Waals surface area contributed by atoms with Crippen molar-refractivity contribution < 1.29 is 8.42 Å². The molecular formula is C20H24ClN5O2S. The Labute approximate surface area is 175 Å². The highest BCUT2D eigenvalue weighted by molar-refractivity contribution is 7.90. The number of nitrogens with one attached hydrogen (secondary N) is 1. The second-order valence-electron chi connectivity index (χ2n) is 7.17. The highest BCUT2D eigenvalue weighted by Gasteiger charge is 2.33. The highest BCUT2D eigenvalue weighted by atomic mass is 35.5. The first-order valence-electron chi connectivity index (χ1n) is 9.48. The number of aryl methyl sites for hydroxylation is 2. The van der Waals surface area contributed by atoms with E-state index < -0.39 is 15.3 Å². The molecule has 1 unspecified atom stereocenters. The van der Waals surface area contributed by atoms with Crippen LogP contribution in [0.25, 0.3) is 10.9 Å². The quantitative estimate of drug-likeness (QED) is 0.626. The zero-order chi connectivity index (χ0) is 20.8. The average Bonchev–Trinajstić information content (AvgIpc) is 3.26. The fraction of sp³-hybridized carbons (Fsp3) is 0.350. The van der Waals surface area contributed by atoms with E-state index in [9.17, 15) is 8.42 Å². The van der Waals surface area contributed by atoms with Crippen LogP contribution in [0.3, 0.4) is 0 Å². The fourth-order valence-electron chi connectivity index (χ4n) is 4.01. The van der Waals surface area contributed by atoms with Gasteiger partial charge in [-0.3, -0.25) is 4.68 Å². The summed E-state index contributed by atoms with van der Waals surface area (Å²) in [5.74, 6) is 0. The van der Waals surface area contributed by atoms with E-state index >= 15 is 0 Å². The van der Waals surface area contributed by atoms with Gasteiger partial charge in [-0.05, 0) is 25.1 Å². The predicted molar refractivity (Wildman–Crippen MR) is 117 cm³/mol. The van der Waals surface area contributed by atoms with Gasteiger partial charge in [0.25, 0.3) is 0 Å². The van der Waals surface area contributed by atoms with Crippen LogP contribution in [-0.2, 0) is 17.1 Å². The van der Waals surface area contributed by atoms with E-state index in [0.717, 1.165) is 37.3 Å². The summed E-state index contributed by atoms with van der Waals surface area (Å²) in [5.41, 5.74) is 2.72. The number of hydrogen-bond donors (Lipinski definition) is 1. The van der Waals surface area contributed by atoms with Crippen LogP contribution in [0, 0.1) is 6.92 Å². The molecule has 0 aliphatic carbocycles. The number of hydrogen-bond acceptors (Lipinski definition) is 5. The Hall–Kier alpha value is -2.29. The largest absolute Gasteiger partial charge is 0.368 e. The smallest absolute Gasteiger partial charge is 0.249 e. The minimum atomic E-state index is -3.84. The van der Waals surface area contributed by atoms with Crippen molar-refractivity contribution in [2.45, 2.75) is 12.2 Å². The third kappa shape index (κ3) is 3.25. The van der Waals surface area contributed by atoms with Crippen LogP contribution in [-0.4, -0.2) is 48.3 Å². The van der Waals surface area contributed by atoms with Gasteiger partial charge < -0.3 is 10.2 Å². The molecule has 1 aromatic carbocycles. The molecule has 2 aromatic heterocycles. The summed E-state index contributed by atoms with van der Waals surface area (Å²) in [6.45, 7) is 9.12. The molecule has 1 fully saturated rings. The number of nitrogens with zero attached hydrogens (tertiary/aromatic N) is 4. The van der Waals surface area contributed by atoms with Gasteiger partial charge in [-0.2, -0.15) is 5.10 Å². The summed E-state index contributed by atoms with van der Waals surface area (Å²) < 4.78 is 30.0. The number of halogens is 1. The van der Waals surface area contributed by atoms with Crippen molar-refractivity contribution in [3.8, 4) is 0 Å². The number of benzene rings is 1. The summed E-state index contributed by atoms with van der Waals surface area (Å²) >= 11 is 6.37. The van der Waals surface area contributed by atoms with Gasteiger partial charge in [-0.25, -0.2) is 12.4 Å². The molecule has 0 bridgehead atoms. The Morgan fingerprint density at radius 1 is 1.28 bits per heavy atom. The zero-order valence-corrected chi connectivity index (χ0v) is 18.0. The van der Waals surface area contributed by atoms with Crippen molar-refractivity contribution in [2.24, 2.45) is 7.05 Å². The molecule has 3 heterocycles. The monoisotopic (exact) mass is 433 g/mol. The lowest BCUT2D eigenvalue weighted by molar-refractivity contribution is 0.583. The van der Waals surface area contributed by atoms with Crippen molar-refractivity contribution in [3.63, 3.8) is 0 Å². The van der Waals surface area contributed by atoms with Crippen LogP contribution in [0.5, 0.6) is 0 Å². The second kappa shape index (κ2) is 7.51. The van der Waals surface area contributed by atoms with Crippen molar-refractivity contribution in [1.82, 2.24) is 19.1 Å². The third-order valence-electron chi connectivity index (χ3n) is 5.42. The van der Waals surface area contributed by atoms with Crippen LogP contribution in [0.1, 0.15) is 16.5 Å². The maximum Gasteiger partial charge on any atom is 0.249 e. The van der Waals surface area contributed by atoms with Gasteiger partial charge in [0.2, 0.25) is 10.0 Å². The summed E-state index contributed by atoms with van der Waals surface area (Å²) in [6.07, 6.45) is 3.03. The molecule has 1 aliphatic rings. The molecule has 1 saturated heterocycles. The molecule has 1 atom stereocenters. The maximum absolute atomic E-state index is 13.6. The Bertz CT molecular complexity index is 1180. The number of aromatic nitrogens is 3. The number of anilines is 1. The molecule has 1 N–H and O–H groups in total. The van der Waals surface area contributed by atoms with E-state index in [4.69, 9.17) is 11.6 Å². The van der Waals surface area contributed by atoms with Gasteiger partial charge in [0.15, 0.2) is 0 Å². The number of fused-ring (bicyclic) bond motifs is 1. The molecule has 3 aromatic rings. The van der Waals surface area contributed by atoms with E-state index in [0.29, 0.717) is 21.9 Å². The fourth-order valence-corrected chi connectivity index (χ4v) is 6.10. The van der Waals surface area contributed by atoms with E-state index in [1.54, 1.807) is 20.2 Å². The predicted octanol–water partition coefficient (Wildman–Crippen LogP) is 2.85. The molecule has 7 nitrogen and oxygen atoms in total. The van der Waals surface area contributed by atoms with Crippen LogP contribution in [0.2, 0.25) is 5.15 Å². The third-order valence-corrected chi connectivity index (χ3v) is 7.81. The molecule has 1 aliphatic heterocycles. The summed E-state index contributed by atoms with van der Waals surface area (Å²) in [7, 11) is -2.15. The van der Waals surface area contributed by atoms with Crippen molar-refractivity contribution in [1.29, 1.82) is 0 Å². The lowest BCUT2D eigenvalue weighted by Gasteiger charge is -2.30. The van der Waals surface area contributed by atoms with Crippen LogP contribution in [0.15, 0.2) is 43.1 Å². The molecule has 9 heteroatoms. The van der Waals surface area contributed by atoms with E-state index in [2.05, 4.69) is 21.9 Å². The molecule has 154 valence electrons. The topological polar surface area (TPSA) is 72.2 Å². The maximum atomic E-state index is 13.6. The Morgan fingerprint density at radius 3 is 2.62 bits per heavy atom. The normalized spacial score (nSPS) is 16.3. The Kier molecular flexibility index (Phi) is 5.18. The Balaban J connectivity index is 1.84. The first-order chi connectivity index (χ1) is 13.9. The first-order valence-corrected chi connectivity index (χ1v) is 11.4. The second-order valence-corrected chi connectivity index (χ2v) is 9.46. The summed E-state index contributed by atoms with van der Waals surface area (Å²) in [4.78, 5) is 2.28. The van der Waals surface area contributed by atoms with Gasteiger partial charge in [0, 0.05) is 56.1 Å². The molecule has 29 heavy (non-hydrogen) atoms. The van der Waals surface area contributed by atoms with Crippen LogP contribution < -0.4 is 10.2 Å². The molecular weight excluding hydrogens is 410 g/mol. The molecule has 0 saturated carbocycles. The summed E-state index contributed by atoms with van der Waals surface area (Å²) in [5, 5.41) is 7.82. The van der Waals surface area contributed by atoms with Crippen molar-refractivity contribution in [3.05, 3.63) is 59.5 Å². The molecule has 4 rings (SSSR count). The van der Waals surface area contributed by atoms with Gasteiger partial charge in [0.1, 0.15) is 10.4 Å². The highest BCUT2D eigenvalue weighted by Crippen LogP contribution is 2.36. The number of piperazine rings is 1. The lowest BCUT2D eigenvalue weighted by Crippen LogP contribution is -2.43. The van der Waals surface area contributed by atoms with E-state index in [1.165, 1.54) is 14.7 Å².